The fourth-order valence-electron chi connectivity index (χ4n) is 2.80. The minimum atomic E-state index is -0.547. The standard InChI is InChI=1S/C15H15ClN2O4.ClH/c1-17-4-6-18(7-5-17)13-12(16)14(21)10-8(19)2-3-9(20)11(10)15(13)22;/h2-3,21-22H,4-7H2,1H3;1H. The van der Waals surface area contributed by atoms with Gasteiger partial charge in [-0.05, 0) is 19.2 Å². The Morgan fingerprint density at radius 2 is 1.43 bits per heavy atom. The normalized spacial score (nSPS) is 17.9. The van der Waals surface area contributed by atoms with Crippen LogP contribution < -0.4 is 4.90 Å². The molecule has 1 aliphatic heterocycles. The molecule has 0 saturated carbocycles. The Hall–Kier alpha value is -1.76. The summed E-state index contributed by atoms with van der Waals surface area (Å²) >= 11 is 6.17. The summed E-state index contributed by atoms with van der Waals surface area (Å²) in [6.45, 7) is 2.72. The predicted molar refractivity (Wildman–Crippen MR) is 89.5 cm³/mol. The van der Waals surface area contributed by atoms with Crippen molar-refractivity contribution in [1.82, 2.24) is 4.90 Å². The number of halogens is 2. The number of hydrogen-bond acceptors (Lipinski definition) is 6. The van der Waals surface area contributed by atoms with E-state index < -0.39 is 17.3 Å². The van der Waals surface area contributed by atoms with Crippen molar-refractivity contribution in [2.24, 2.45) is 0 Å². The fraction of sp³-hybridized carbons (Fsp3) is 0.333. The second-order valence-electron chi connectivity index (χ2n) is 5.46. The highest BCUT2D eigenvalue weighted by atomic mass is 35.5. The maximum absolute atomic E-state index is 12.0. The number of ketones is 2. The Bertz CT molecular complexity index is 710. The molecule has 0 spiro atoms. The van der Waals surface area contributed by atoms with Crippen molar-refractivity contribution in [1.29, 1.82) is 0 Å². The topological polar surface area (TPSA) is 81.1 Å². The van der Waals surface area contributed by atoms with Crippen molar-refractivity contribution in [2.45, 2.75) is 0 Å². The lowest BCUT2D eigenvalue weighted by molar-refractivity contribution is 0.0989. The maximum Gasteiger partial charge on any atom is 0.190 e. The Labute approximate surface area is 144 Å². The lowest BCUT2D eigenvalue weighted by Gasteiger charge is -2.35. The van der Waals surface area contributed by atoms with Gasteiger partial charge in [0.15, 0.2) is 17.3 Å². The van der Waals surface area contributed by atoms with Crippen molar-refractivity contribution in [3.8, 4) is 11.5 Å². The quantitative estimate of drug-likeness (QED) is 0.745. The summed E-state index contributed by atoms with van der Waals surface area (Å²) in [4.78, 5) is 27.9. The van der Waals surface area contributed by atoms with E-state index in [1.165, 1.54) is 0 Å². The second kappa shape index (κ2) is 6.39. The first kappa shape index (κ1) is 17.6. The summed E-state index contributed by atoms with van der Waals surface area (Å²) in [5.74, 6) is -1.86. The van der Waals surface area contributed by atoms with Crippen LogP contribution in [0.15, 0.2) is 12.2 Å². The molecule has 23 heavy (non-hydrogen) atoms. The van der Waals surface area contributed by atoms with E-state index >= 15 is 0 Å². The lowest BCUT2D eigenvalue weighted by Crippen LogP contribution is -2.44. The SMILES string of the molecule is CN1CCN(c2c(O)c3c(c(O)c2Cl)C(=O)C=CC3=O)CC1.Cl. The number of carbonyl (C=O) groups is 2. The summed E-state index contributed by atoms with van der Waals surface area (Å²) in [5.41, 5.74) is -0.196. The first-order valence-corrected chi connectivity index (χ1v) is 7.27. The zero-order chi connectivity index (χ0) is 16.0. The van der Waals surface area contributed by atoms with E-state index in [4.69, 9.17) is 11.6 Å². The third-order valence-electron chi connectivity index (χ3n) is 4.06. The third-order valence-corrected chi connectivity index (χ3v) is 4.42. The molecule has 1 saturated heterocycles. The van der Waals surface area contributed by atoms with Crippen LogP contribution in [0.5, 0.6) is 11.5 Å². The number of hydrogen-bond donors (Lipinski definition) is 2. The number of carbonyl (C=O) groups excluding carboxylic acids is 2. The van der Waals surface area contributed by atoms with Gasteiger partial charge in [-0.25, -0.2) is 0 Å². The van der Waals surface area contributed by atoms with Gasteiger partial charge in [0.1, 0.15) is 16.5 Å². The van der Waals surface area contributed by atoms with Crippen LogP contribution in [-0.4, -0.2) is 59.9 Å². The van der Waals surface area contributed by atoms with Gasteiger partial charge in [-0.1, -0.05) is 11.6 Å². The molecule has 0 amide bonds. The van der Waals surface area contributed by atoms with Crippen LogP contribution >= 0.6 is 24.0 Å². The number of nitrogens with zero attached hydrogens (tertiary/aromatic N) is 2. The average molecular weight is 359 g/mol. The zero-order valence-corrected chi connectivity index (χ0v) is 13.9. The molecule has 124 valence electrons. The van der Waals surface area contributed by atoms with Crippen LogP contribution in [-0.2, 0) is 0 Å². The number of piperazine rings is 1. The first-order chi connectivity index (χ1) is 10.4. The van der Waals surface area contributed by atoms with Gasteiger partial charge in [-0.15, -0.1) is 12.4 Å². The van der Waals surface area contributed by atoms with Gasteiger partial charge in [-0.2, -0.15) is 0 Å². The number of likely N-dealkylation sites (N-methyl/N-ethyl adjacent to an activating group) is 1. The number of anilines is 1. The van der Waals surface area contributed by atoms with Crippen LogP contribution in [0.1, 0.15) is 20.7 Å². The van der Waals surface area contributed by atoms with Gasteiger partial charge in [0.25, 0.3) is 0 Å². The number of rotatable bonds is 1. The molecule has 8 heteroatoms. The van der Waals surface area contributed by atoms with Crippen LogP contribution in [0.25, 0.3) is 0 Å². The fourth-order valence-corrected chi connectivity index (χ4v) is 3.10. The van der Waals surface area contributed by atoms with E-state index in [0.717, 1.165) is 25.2 Å². The molecule has 1 fully saturated rings. The molecule has 1 aromatic rings. The lowest BCUT2D eigenvalue weighted by atomic mass is 9.91. The number of aromatic hydroxyl groups is 2. The van der Waals surface area contributed by atoms with E-state index in [1.807, 2.05) is 11.9 Å². The molecule has 6 nitrogen and oxygen atoms in total. The Balaban J connectivity index is 0.00000192. The molecule has 0 unspecified atom stereocenters. The van der Waals surface area contributed by atoms with Crippen molar-refractivity contribution < 1.29 is 19.8 Å². The van der Waals surface area contributed by atoms with Gasteiger partial charge < -0.3 is 20.0 Å². The van der Waals surface area contributed by atoms with E-state index in [9.17, 15) is 19.8 Å². The molecular weight excluding hydrogens is 343 g/mol. The Morgan fingerprint density at radius 3 is 1.96 bits per heavy atom. The number of allylic oxidation sites excluding steroid dienone is 2. The van der Waals surface area contributed by atoms with E-state index in [1.54, 1.807) is 0 Å². The van der Waals surface area contributed by atoms with E-state index in [0.29, 0.717) is 13.1 Å². The highest BCUT2D eigenvalue weighted by Crippen LogP contribution is 2.48. The second-order valence-corrected chi connectivity index (χ2v) is 5.84. The number of benzene rings is 1. The highest BCUT2D eigenvalue weighted by Gasteiger charge is 2.33. The van der Waals surface area contributed by atoms with Crippen molar-refractivity contribution in [2.75, 3.05) is 38.1 Å². The smallest absolute Gasteiger partial charge is 0.190 e. The maximum atomic E-state index is 12.0. The summed E-state index contributed by atoms with van der Waals surface area (Å²) in [6.07, 6.45) is 2.15. The summed E-state index contributed by atoms with van der Waals surface area (Å²) in [6, 6.07) is 0. The largest absolute Gasteiger partial charge is 0.505 e. The zero-order valence-electron chi connectivity index (χ0n) is 12.4. The first-order valence-electron chi connectivity index (χ1n) is 6.89. The highest BCUT2D eigenvalue weighted by molar-refractivity contribution is 6.37. The number of phenolic OH excluding ortho intramolecular Hbond substituents is 2. The predicted octanol–water partition coefficient (Wildman–Crippen LogP) is 1.86. The molecule has 1 aliphatic carbocycles. The summed E-state index contributed by atoms with van der Waals surface area (Å²) in [5, 5.41) is 20.6. The summed E-state index contributed by atoms with van der Waals surface area (Å²) in [7, 11) is 1.98. The molecule has 0 atom stereocenters. The molecule has 0 bridgehead atoms. The van der Waals surface area contributed by atoms with Crippen molar-refractivity contribution in [3.63, 3.8) is 0 Å². The van der Waals surface area contributed by atoms with Crippen LogP contribution in [0.2, 0.25) is 5.02 Å². The Morgan fingerprint density at radius 1 is 0.957 bits per heavy atom. The average Bonchev–Trinajstić information content (AvgIpc) is 2.49. The van der Waals surface area contributed by atoms with Gasteiger partial charge >= 0.3 is 0 Å². The monoisotopic (exact) mass is 358 g/mol. The minimum Gasteiger partial charge on any atom is -0.505 e. The van der Waals surface area contributed by atoms with Gasteiger partial charge in [0.05, 0.1) is 11.1 Å². The number of fused-ring (bicyclic) bond motifs is 1. The molecule has 1 heterocycles. The molecule has 0 aromatic heterocycles. The van der Waals surface area contributed by atoms with Gasteiger partial charge in [0, 0.05) is 26.2 Å². The van der Waals surface area contributed by atoms with Crippen molar-refractivity contribution in [3.05, 3.63) is 28.3 Å². The number of phenols is 2. The molecule has 2 aliphatic rings. The van der Waals surface area contributed by atoms with Crippen molar-refractivity contribution >= 4 is 41.3 Å². The van der Waals surface area contributed by atoms with Gasteiger partial charge in [0.2, 0.25) is 0 Å². The van der Waals surface area contributed by atoms with E-state index in [2.05, 4.69) is 4.90 Å². The van der Waals surface area contributed by atoms with E-state index in [-0.39, 0.29) is 40.0 Å². The Kier molecular flexibility index (Phi) is 4.89. The van der Waals surface area contributed by atoms with Crippen LogP contribution in [0.4, 0.5) is 5.69 Å². The van der Waals surface area contributed by atoms with Crippen LogP contribution in [0, 0.1) is 0 Å². The molecule has 2 N–H and O–H groups in total. The minimum absolute atomic E-state index is 0. The molecular formula is C15H16Cl2N2O4. The van der Waals surface area contributed by atoms with Gasteiger partial charge in [-0.3, -0.25) is 9.59 Å². The molecule has 3 rings (SSSR count). The summed E-state index contributed by atoms with van der Waals surface area (Å²) < 4.78 is 0. The molecule has 0 radical (unpaired) electrons. The third kappa shape index (κ3) is 2.78. The van der Waals surface area contributed by atoms with Crippen LogP contribution in [0.3, 0.4) is 0 Å². The molecule has 1 aromatic carbocycles.